The Morgan fingerprint density at radius 3 is 2.92 bits per heavy atom. The SMILES string of the molecule is CN1CCN(CCCNC(=O)/C=C/C2=Cc3cc(Cl)ccc3OC2)CC1. The fraction of sp³-hybridized carbons (Fsp3) is 0.450. The molecular formula is C20H26ClN3O2. The standard InChI is InChI=1S/C20H26ClN3O2/c1-23-9-11-24(12-10-23)8-2-7-22-20(25)6-3-16-13-17-14-18(21)4-5-19(17)26-15-16/h3-6,13-14H,2,7-12,15H2,1H3,(H,22,25)/b6-3+. The second-order valence-corrected chi connectivity index (χ2v) is 7.25. The summed E-state index contributed by atoms with van der Waals surface area (Å²) >= 11 is 6.01. The van der Waals surface area contributed by atoms with Crippen molar-refractivity contribution in [2.75, 3.05) is 52.9 Å². The Labute approximate surface area is 160 Å². The Kier molecular flexibility index (Phi) is 6.72. The number of nitrogens with one attached hydrogen (secondary N) is 1. The first-order chi connectivity index (χ1) is 12.6. The minimum Gasteiger partial charge on any atom is -0.488 e. The zero-order valence-corrected chi connectivity index (χ0v) is 16.0. The van der Waals surface area contributed by atoms with Gasteiger partial charge in [0.2, 0.25) is 5.91 Å². The zero-order valence-electron chi connectivity index (χ0n) is 15.2. The van der Waals surface area contributed by atoms with Gasteiger partial charge in [-0.05, 0) is 49.9 Å². The van der Waals surface area contributed by atoms with Crippen molar-refractivity contribution in [3.05, 3.63) is 46.5 Å². The molecule has 0 saturated carbocycles. The predicted molar refractivity (Wildman–Crippen MR) is 106 cm³/mol. The van der Waals surface area contributed by atoms with E-state index >= 15 is 0 Å². The lowest BCUT2D eigenvalue weighted by molar-refractivity contribution is -0.116. The summed E-state index contributed by atoms with van der Waals surface area (Å²) in [6, 6.07) is 5.54. The van der Waals surface area contributed by atoms with Gasteiger partial charge in [0.25, 0.3) is 0 Å². The summed E-state index contributed by atoms with van der Waals surface area (Å²) in [6.07, 6.45) is 6.35. The topological polar surface area (TPSA) is 44.8 Å². The van der Waals surface area contributed by atoms with Crippen LogP contribution in [0.1, 0.15) is 12.0 Å². The Bertz CT molecular complexity index is 694. The van der Waals surface area contributed by atoms with E-state index in [0.29, 0.717) is 18.2 Å². The van der Waals surface area contributed by atoms with E-state index < -0.39 is 0 Å². The number of ether oxygens (including phenoxy) is 1. The van der Waals surface area contributed by atoms with Crippen molar-refractivity contribution < 1.29 is 9.53 Å². The Balaban J connectivity index is 1.39. The molecular weight excluding hydrogens is 350 g/mol. The average Bonchev–Trinajstić information content (AvgIpc) is 2.64. The van der Waals surface area contributed by atoms with Gasteiger partial charge in [0.1, 0.15) is 12.4 Å². The number of halogens is 1. The van der Waals surface area contributed by atoms with E-state index in [-0.39, 0.29) is 5.91 Å². The number of benzene rings is 1. The fourth-order valence-corrected chi connectivity index (χ4v) is 3.27. The Morgan fingerprint density at radius 1 is 1.31 bits per heavy atom. The summed E-state index contributed by atoms with van der Waals surface area (Å²) < 4.78 is 5.68. The molecule has 2 aliphatic heterocycles. The molecule has 1 aromatic rings. The highest BCUT2D eigenvalue weighted by Crippen LogP contribution is 2.29. The monoisotopic (exact) mass is 375 g/mol. The fourth-order valence-electron chi connectivity index (χ4n) is 3.09. The van der Waals surface area contributed by atoms with Crippen molar-refractivity contribution in [1.29, 1.82) is 0 Å². The number of carbonyl (C=O) groups excluding carboxylic acids is 1. The lowest BCUT2D eigenvalue weighted by Crippen LogP contribution is -2.45. The van der Waals surface area contributed by atoms with E-state index in [1.54, 1.807) is 12.2 Å². The van der Waals surface area contributed by atoms with Crippen LogP contribution in [-0.2, 0) is 4.79 Å². The summed E-state index contributed by atoms with van der Waals surface area (Å²) in [4.78, 5) is 16.8. The number of carbonyl (C=O) groups is 1. The van der Waals surface area contributed by atoms with Gasteiger partial charge < -0.3 is 19.9 Å². The van der Waals surface area contributed by atoms with Crippen LogP contribution in [0.15, 0.2) is 35.9 Å². The molecule has 0 aliphatic carbocycles. The number of hydrogen-bond acceptors (Lipinski definition) is 4. The lowest BCUT2D eigenvalue weighted by atomic mass is 10.1. The average molecular weight is 376 g/mol. The highest BCUT2D eigenvalue weighted by molar-refractivity contribution is 6.30. The molecule has 0 bridgehead atoms. The van der Waals surface area contributed by atoms with Crippen LogP contribution in [0.2, 0.25) is 5.02 Å². The quantitative estimate of drug-likeness (QED) is 0.612. The lowest BCUT2D eigenvalue weighted by Gasteiger charge is -2.32. The molecule has 1 fully saturated rings. The molecule has 6 heteroatoms. The van der Waals surface area contributed by atoms with Crippen molar-refractivity contribution in [1.82, 2.24) is 15.1 Å². The van der Waals surface area contributed by atoms with Gasteiger partial charge in [0.15, 0.2) is 0 Å². The number of likely N-dealkylation sites (N-methyl/N-ethyl adjacent to an activating group) is 1. The van der Waals surface area contributed by atoms with Crippen LogP contribution in [0, 0.1) is 0 Å². The number of amides is 1. The molecule has 2 heterocycles. The van der Waals surface area contributed by atoms with E-state index in [1.807, 2.05) is 24.3 Å². The normalized spacial score (nSPS) is 18.3. The van der Waals surface area contributed by atoms with Crippen LogP contribution >= 0.6 is 11.6 Å². The molecule has 0 spiro atoms. The van der Waals surface area contributed by atoms with Crippen molar-refractivity contribution in [2.45, 2.75) is 6.42 Å². The highest BCUT2D eigenvalue weighted by atomic mass is 35.5. The summed E-state index contributed by atoms with van der Waals surface area (Å²) in [5, 5.41) is 3.62. The molecule has 5 nitrogen and oxygen atoms in total. The molecule has 0 unspecified atom stereocenters. The summed E-state index contributed by atoms with van der Waals surface area (Å²) in [5.41, 5.74) is 1.89. The molecule has 0 aromatic heterocycles. The first kappa shape index (κ1) is 19.0. The van der Waals surface area contributed by atoms with Crippen molar-refractivity contribution in [2.24, 2.45) is 0 Å². The zero-order chi connectivity index (χ0) is 18.4. The molecule has 1 amide bonds. The van der Waals surface area contributed by atoms with Gasteiger partial charge in [-0.15, -0.1) is 0 Å². The van der Waals surface area contributed by atoms with E-state index in [9.17, 15) is 4.79 Å². The largest absolute Gasteiger partial charge is 0.488 e. The summed E-state index contributed by atoms with van der Waals surface area (Å²) in [7, 11) is 2.16. The minimum absolute atomic E-state index is 0.0684. The summed E-state index contributed by atoms with van der Waals surface area (Å²) in [5.74, 6) is 0.751. The predicted octanol–water partition coefficient (Wildman–Crippen LogP) is 2.43. The van der Waals surface area contributed by atoms with Gasteiger partial charge >= 0.3 is 0 Å². The number of piperazine rings is 1. The maximum absolute atomic E-state index is 12.0. The van der Waals surface area contributed by atoms with E-state index in [0.717, 1.165) is 56.0 Å². The molecule has 1 aromatic carbocycles. The van der Waals surface area contributed by atoms with Gasteiger partial charge in [-0.2, -0.15) is 0 Å². The molecule has 0 radical (unpaired) electrons. The number of hydrogen-bond donors (Lipinski definition) is 1. The molecule has 0 atom stereocenters. The van der Waals surface area contributed by atoms with Gasteiger partial charge in [-0.1, -0.05) is 17.7 Å². The molecule has 140 valence electrons. The Hall–Kier alpha value is -1.82. The first-order valence-corrected chi connectivity index (χ1v) is 9.48. The van der Waals surface area contributed by atoms with Crippen molar-refractivity contribution in [3.8, 4) is 5.75 Å². The number of rotatable bonds is 6. The van der Waals surface area contributed by atoms with E-state index in [2.05, 4.69) is 22.2 Å². The molecule has 3 rings (SSSR count). The van der Waals surface area contributed by atoms with Crippen LogP contribution in [0.4, 0.5) is 0 Å². The van der Waals surface area contributed by atoms with Gasteiger partial charge in [0, 0.05) is 49.4 Å². The van der Waals surface area contributed by atoms with Crippen molar-refractivity contribution >= 4 is 23.6 Å². The maximum atomic E-state index is 12.0. The molecule has 1 saturated heterocycles. The molecule has 1 N–H and O–H groups in total. The third kappa shape index (κ3) is 5.59. The minimum atomic E-state index is -0.0684. The van der Waals surface area contributed by atoms with Gasteiger partial charge in [-0.3, -0.25) is 4.79 Å². The second kappa shape index (κ2) is 9.21. The van der Waals surface area contributed by atoms with Crippen LogP contribution in [0.5, 0.6) is 5.75 Å². The van der Waals surface area contributed by atoms with E-state index in [1.165, 1.54) is 0 Å². The number of nitrogens with zero attached hydrogens (tertiary/aromatic N) is 2. The van der Waals surface area contributed by atoms with E-state index in [4.69, 9.17) is 16.3 Å². The Morgan fingerprint density at radius 2 is 2.12 bits per heavy atom. The third-order valence-electron chi connectivity index (χ3n) is 4.70. The second-order valence-electron chi connectivity index (χ2n) is 6.81. The van der Waals surface area contributed by atoms with Gasteiger partial charge in [0.05, 0.1) is 0 Å². The van der Waals surface area contributed by atoms with Gasteiger partial charge in [-0.25, -0.2) is 0 Å². The molecule has 2 aliphatic rings. The number of fused-ring (bicyclic) bond motifs is 1. The van der Waals surface area contributed by atoms with Crippen LogP contribution < -0.4 is 10.1 Å². The highest BCUT2D eigenvalue weighted by Gasteiger charge is 2.13. The first-order valence-electron chi connectivity index (χ1n) is 9.10. The van der Waals surface area contributed by atoms with Crippen LogP contribution in [0.25, 0.3) is 6.08 Å². The maximum Gasteiger partial charge on any atom is 0.243 e. The smallest absolute Gasteiger partial charge is 0.243 e. The third-order valence-corrected chi connectivity index (χ3v) is 4.94. The molecule has 26 heavy (non-hydrogen) atoms. The van der Waals surface area contributed by atoms with Crippen LogP contribution in [-0.4, -0.2) is 68.6 Å². The van der Waals surface area contributed by atoms with Crippen molar-refractivity contribution in [3.63, 3.8) is 0 Å². The van der Waals surface area contributed by atoms with Crippen LogP contribution in [0.3, 0.4) is 0 Å². The summed E-state index contributed by atoms with van der Waals surface area (Å²) in [6.45, 7) is 6.68.